The average molecular weight is 357 g/mol. The quantitative estimate of drug-likeness (QED) is 0.522. The zero-order valence-electron chi connectivity index (χ0n) is 15.5. The molecule has 0 aromatic carbocycles. The Morgan fingerprint density at radius 2 is 0.857 bits per heavy atom. The van der Waals surface area contributed by atoms with Crippen molar-refractivity contribution < 1.29 is 17.4 Å². The van der Waals surface area contributed by atoms with E-state index in [2.05, 4.69) is 0 Å². The van der Waals surface area contributed by atoms with Crippen LogP contribution in [-0.4, -0.2) is 33.5 Å². The molecule has 0 fully saturated rings. The molecule has 7 heteroatoms. The summed E-state index contributed by atoms with van der Waals surface area (Å²) in [5, 5.41) is 0. The molecule has 0 bridgehead atoms. The highest BCUT2D eigenvalue weighted by Gasteiger charge is 2.56. The second-order valence-electron chi connectivity index (χ2n) is 8.61. The summed E-state index contributed by atoms with van der Waals surface area (Å²) in [6.07, 6.45) is 0. The molecule has 0 aromatic heterocycles. The summed E-state index contributed by atoms with van der Waals surface area (Å²) in [5.74, 6) is 0. The zero-order chi connectivity index (χ0) is 17.3. The standard InChI is InChI=1S/C14H33ClO4Si2/c1-12(2,3)16-21(17-13(4,5)6,18-14(7,8)9)19-20(10,11)15/h1-11H3. The topological polar surface area (TPSA) is 36.9 Å². The van der Waals surface area contributed by atoms with Gasteiger partial charge in [-0.2, -0.15) is 0 Å². The number of halogens is 1. The van der Waals surface area contributed by atoms with Gasteiger partial charge in [0.05, 0.1) is 16.8 Å². The Bertz CT molecular complexity index is 265. The molecule has 0 heterocycles. The van der Waals surface area contributed by atoms with E-state index >= 15 is 0 Å². The highest BCUT2D eigenvalue weighted by molar-refractivity contribution is 7.17. The lowest BCUT2D eigenvalue weighted by molar-refractivity contribution is -0.115. The minimum Gasteiger partial charge on any atom is -0.380 e. The molecular formula is C14H33ClO4Si2. The third-order valence-electron chi connectivity index (χ3n) is 1.66. The van der Waals surface area contributed by atoms with E-state index in [1.807, 2.05) is 75.4 Å². The third-order valence-corrected chi connectivity index (χ3v) is 7.88. The first-order valence-corrected chi connectivity index (χ1v) is 12.9. The Labute approximate surface area is 137 Å². The van der Waals surface area contributed by atoms with Crippen LogP contribution in [0.4, 0.5) is 0 Å². The molecule has 0 aliphatic heterocycles. The normalized spacial score (nSPS) is 15.4. The molecule has 0 saturated heterocycles. The van der Waals surface area contributed by atoms with Gasteiger partial charge in [-0.25, -0.2) is 0 Å². The zero-order valence-corrected chi connectivity index (χ0v) is 18.3. The lowest BCUT2D eigenvalue weighted by atomic mass is 10.2. The van der Waals surface area contributed by atoms with E-state index in [1.165, 1.54) is 0 Å². The number of hydrogen-bond acceptors (Lipinski definition) is 4. The highest BCUT2D eigenvalue weighted by Crippen LogP contribution is 2.32. The van der Waals surface area contributed by atoms with Crippen molar-refractivity contribution in [2.45, 2.75) is 92.2 Å². The first-order valence-electron chi connectivity index (χ1n) is 7.32. The molecule has 0 saturated carbocycles. The largest absolute Gasteiger partial charge is 0.671 e. The molecule has 0 radical (unpaired) electrons. The van der Waals surface area contributed by atoms with Crippen LogP contribution < -0.4 is 0 Å². The molecule has 4 nitrogen and oxygen atoms in total. The minimum atomic E-state index is -3.41. The van der Waals surface area contributed by atoms with Gasteiger partial charge in [0.2, 0.25) is 0 Å². The molecule has 0 aliphatic carbocycles. The first kappa shape index (κ1) is 21.6. The predicted molar refractivity (Wildman–Crippen MR) is 92.7 cm³/mol. The van der Waals surface area contributed by atoms with Gasteiger partial charge in [-0.15, -0.1) is 11.1 Å². The molecule has 0 rings (SSSR count). The molecule has 0 atom stereocenters. The minimum absolute atomic E-state index is 0.459. The van der Waals surface area contributed by atoms with Gasteiger partial charge >= 0.3 is 9.05 Å². The number of hydrogen-bond donors (Lipinski definition) is 0. The summed E-state index contributed by atoms with van der Waals surface area (Å²) in [6.45, 7) is 21.4. The Hall–Kier alpha value is 0.564. The van der Waals surface area contributed by atoms with Crippen LogP contribution in [0.25, 0.3) is 0 Å². The van der Waals surface area contributed by atoms with Crippen LogP contribution in [0.2, 0.25) is 13.1 Å². The van der Waals surface area contributed by atoms with E-state index in [0.717, 1.165) is 0 Å². The summed E-state index contributed by atoms with van der Waals surface area (Å²) in [4.78, 5) is 0. The lowest BCUT2D eigenvalue weighted by Crippen LogP contribution is -2.62. The summed E-state index contributed by atoms with van der Waals surface area (Å²) in [7, 11) is -5.84. The van der Waals surface area contributed by atoms with Gasteiger partial charge in [0, 0.05) is 0 Å². The summed E-state index contributed by atoms with van der Waals surface area (Å²) < 4.78 is 24.7. The Balaban J connectivity index is 5.70. The lowest BCUT2D eigenvalue weighted by Gasteiger charge is -2.43. The predicted octanol–water partition coefficient (Wildman–Crippen LogP) is 4.82. The Morgan fingerprint density at radius 1 is 0.619 bits per heavy atom. The molecule has 0 amide bonds. The van der Waals surface area contributed by atoms with Crippen LogP contribution in [0.5, 0.6) is 0 Å². The van der Waals surface area contributed by atoms with E-state index in [-0.39, 0.29) is 0 Å². The van der Waals surface area contributed by atoms with Gasteiger partial charge in [-0.05, 0) is 75.4 Å². The van der Waals surface area contributed by atoms with E-state index in [9.17, 15) is 0 Å². The maximum absolute atomic E-state index is 6.42. The fourth-order valence-corrected chi connectivity index (χ4v) is 7.65. The molecular weight excluding hydrogens is 324 g/mol. The molecule has 0 spiro atoms. The van der Waals surface area contributed by atoms with E-state index in [4.69, 9.17) is 28.5 Å². The third kappa shape index (κ3) is 11.7. The molecule has 128 valence electrons. The van der Waals surface area contributed by atoms with Gasteiger partial charge in [0.25, 0.3) is 7.63 Å². The summed E-state index contributed by atoms with van der Waals surface area (Å²) in [5.41, 5.74) is -1.38. The van der Waals surface area contributed by atoms with Crippen molar-refractivity contribution in [2.24, 2.45) is 0 Å². The van der Waals surface area contributed by atoms with Crippen molar-refractivity contribution >= 4 is 27.8 Å². The molecule has 0 aromatic rings. The molecule has 0 unspecified atom stereocenters. The highest BCUT2D eigenvalue weighted by atomic mass is 35.6. The fourth-order valence-electron chi connectivity index (χ4n) is 1.55. The van der Waals surface area contributed by atoms with Crippen molar-refractivity contribution in [1.29, 1.82) is 0 Å². The van der Waals surface area contributed by atoms with Crippen molar-refractivity contribution in [1.82, 2.24) is 0 Å². The summed E-state index contributed by atoms with van der Waals surface area (Å²) in [6, 6.07) is 0. The van der Waals surface area contributed by atoms with Crippen LogP contribution in [0, 0.1) is 0 Å². The average Bonchev–Trinajstić information content (AvgIpc) is 1.83. The second-order valence-corrected chi connectivity index (χ2v) is 16.5. The number of rotatable bonds is 5. The Morgan fingerprint density at radius 3 is 1.00 bits per heavy atom. The van der Waals surface area contributed by atoms with Gasteiger partial charge < -0.3 is 17.4 Å². The van der Waals surface area contributed by atoms with Crippen molar-refractivity contribution in [3.8, 4) is 0 Å². The van der Waals surface area contributed by atoms with Crippen LogP contribution in [0.1, 0.15) is 62.3 Å². The van der Waals surface area contributed by atoms with Crippen molar-refractivity contribution in [3.63, 3.8) is 0 Å². The first-order chi connectivity index (χ1) is 8.83. The smallest absolute Gasteiger partial charge is 0.380 e. The monoisotopic (exact) mass is 356 g/mol. The van der Waals surface area contributed by atoms with Gasteiger partial charge in [-0.3, -0.25) is 0 Å². The summed E-state index contributed by atoms with van der Waals surface area (Å²) >= 11 is 6.42. The van der Waals surface area contributed by atoms with Crippen LogP contribution >= 0.6 is 11.1 Å². The van der Waals surface area contributed by atoms with Crippen LogP contribution in [-0.2, 0) is 17.4 Å². The molecule has 0 N–H and O–H groups in total. The van der Waals surface area contributed by atoms with E-state index in [1.54, 1.807) is 0 Å². The van der Waals surface area contributed by atoms with Crippen molar-refractivity contribution in [3.05, 3.63) is 0 Å². The van der Waals surface area contributed by atoms with Crippen LogP contribution in [0.3, 0.4) is 0 Å². The van der Waals surface area contributed by atoms with Gasteiger partial charge in [0.15, 0.2) is 0 Å². The maximum atomic E-state index is 6.42. The van der Waals surface area contributed by atoms with E-state index in [0.29, 0.717) is 0 Å². The van der Waals surface area contributed by atoms with Crippen LogP contribution in [0.15, 0.2) is 0 Å². The van der Waals surface area contributed by atoms with Gasteiger partial charge in [-0.1, -0.05) is 0 Å². The fraction of sp³-hybridized carbons (Fsp3) is 1.00. The molecule has 0 aliphatic rings. The van der Waals surface area contributed by atoms with Gasteiger partial charge in [0.1, 0.15) is 0 Å². The molecule has 21 heavy (non-hydrogen) atoms. The maximum Gasteiger partial charge on any atom is 0.671 e. The van der Waals surface area contributed by atoms with E-state index < -0.39 is 33.5 Å². The Kier molecular flexibility index (Phi) is 6.77. The van der Waals surface area contributed by atoms with Crippen molar-refractivity contribution in [2.75, 3.05) is 0 Å². The second kappa shape index (κ2) is 6.59. The SMILES string of the molecule is CC(C)(C)O[Si](OC(C)(C)C)(OC(C)(C)C)O[Si](C)(C)Cl.